The zero-order valence-corrected chi connectivity index (χ0v) is 11.4. The van der Waals surface area contributed by atoms with Crippen molar-refractivity contribution < 1.29 is 4.39 Å². The van der Waals surface area contributed by atoms with Crippen molar-refractivity contribution in [1.82, 2.24) is 20.2 Å². The summed E-state index contributed by atoms with van der Waals surface area (Å²) in [6, 6.07) is 9.17. The van der Waals surface area contributed by atoms with Crippen LogP contribution in [0.3, 0.4) is 0 Å². The fourth-order valence-corrected chi connectivity index (χ4v) is 2.11. The predicted octanol–water partition coefficient (Wildman–Crippen LogP) is 2.29. The van der Waals surface area contributed by atoms with Crippen molar-refractivity contribution in [3.63, 3.8) is 0 Å². The largest absolute Gasteiger partial charge is 0.399 e. The van der Waals surface area contributed by atoms with E-state index in [1.807, 2.05) is 0 Å². The molecule has 0 aliphatic heterocycles. The normalized spacial score (nSPS) is 10.8. The van der Waals surface area contributed by atoms with Crippen molar-refractivity contribution >= 4 is 23.0 Å². The molecule has 0 atom stereocenters. The van der Waals surface area contributed by atoms with Crippen LogP contribution in [0.15, 0.2) is 36.4 Å². The Morgan fingerprint density at radius 2 is 1.90 bits per heavy atom. The lowest BCUT2D eigenvalue weighted by molar-refractivity contribution is 0.608. The lowest BCUT2D eigenvalue weighted by Gasteiger charge is -2.08. The van der Waals surface area contributed by atoms with Crippen LogP contribution in [0.5, 0.6) is 0 Å². The maximum atomic E-state index is 14.0. The Morgan fingerprint density at radius 1 is 1.10 bits per heavy atom. The first-order valence-electron chi connectivity index (χ1n) is 5.95. The number of halogens is 2. The first-order chi connectivity index (χ1) is 10.1. The Hall–Kier alpha value is -2.67. The molecule has 2 aromatic carbocycles. The molecule has 8 heteroatoms. The van der Waals surface area contributed by atoms with Gasteiger partial charge in [-0.25, -0.2) is 4.39 Å². The van der Waals surface area contributed by atoms with Crippen molar-refractivity contribution in [2.45, 2.75) is 0 Å². The first kappa shape index (κ1) is 13.3. The summed E-state index contributed by atoms with van der Waals surface area (Å²) in [5, 5.41) is 11.6. The number of hydrogen-bond acceptors (Lipinski definition) is 5. The summed E-state index contributed by atoms with van der Waals surface area (Å²) in [6.45, 7) is 0. The van der Waals surface area contributed by atoms with Crippen LogP contribution in [-0.2, 0) is 0 Å². The monoisotopic (exact) mass is 304 g/mol. The van der Waals surface area contributed by atoms with Crippen LogP contribution in [0.4, 0.5) is 15.8 Å². The predicted molar refractivity (Wildman–Crippen MR) is 78.4 cm³/mol. The molecule has 0 fully saturated rings. The third-order valence-electron chi connectivity index (χ3n) is 2.92. The number of aromatic nitrogens is 4. The summed E-state index contributed by atoms with van der Waals surface area (Å²) in [7, 11) is 0. The maximum absolute atomic E-state index is 14.0. The summed E-state index contributed by atoms with van der Waals surface area (Å²) >= 11 is 5.74. The molecule has 4 N–H and O–H groups in total. The molecule has 1 heterocycles. The van der Waals surface area contributed by atoms with E-state index in [1.165, 1.54) is 16.8 Å². The van der Waals surface area contributed by atoms with Gasteiger partial charge < -0.3 is 11.5 Å². The van der Waals surface area contributed by atoms with E-state index in [0.29, 0.717) is 22.8 Å². The van der Waals surface area contributed by atoms with Crippen LogP contribution in [-0.4, -0.2) is 20.2 Å². The van der Waals surface area contributed by atoms with E-state index >= 15 is 0 Å². The third kappa shape index (κ3) is 2.38. The van der Waals surface area contributed by atoms with Gasteiger partial charge in [0.05, 0.1) is 0 Å². The fraction of sp³-hybridized carbons (Fsp3) is 0. The molecular formula is C13H10ClFN6. The van der Waals surface area contributed by atoms with Gasteiger partial charge in [-0.2, -0.15) is 4.68 Å². The van der Waals surface area contributed by atoms with Crippen LogP contribution in [0.2, 0.25) is 5.02 Å². The van der Waals surface area contributed by atoms with Crippen LogP contribution in [0.25, 0.3) is 17.1 Å². The lowest BCUT2D eigenvalue weighted by Crippen LogP contribution is -2.04. The maximum Gasteiger partial charge on any atom is 0.189 e. The topological polar surface area (TPSA) is 95.6 Å². The van der Waals surface area contributed by atoms with Crippen LogP contribution in [0, 0.1) is 5.82 Å². The van der Waals surface area contributed by atoms with E-state index < -0.39 is 5.82 Å². The van der Waals surface area contributed by atoms with Crippen LogP contribution >= 0.6 is 11.6 Å². The number of nitrogens with two attached hydrogens (primary N) is 2. The average molecular weight is 305 g/mol. The van der Waals surface area contributed by atoms with Gasteiger partial charge in [0.2, 0.25) is 0 Å². The van der Waals surface area contributed by atoms with Gasteiger partial charge in [0.1, 0.15) is 11.5 Å². The average Bonchev–Trinajstić information content (AvgIpc) is 2.87. The molecule has 3 rings (SSSR count). The van der Waals surface area contributed by atoms with Crippen molar-refractivity contribution in [3.8, 4) is 17.1 Å². The molecule has 106 valence electrons. The molecule has 0 saturated heterocycles. The first-order valence-corrected chi connectivity index (χ1v) is 6.33. The van der Waals surface area contributed by atoms with E-state index in [0.717, 1.165) is 0 Å². The minimum atomic E-state index is -0.537. The molecule has 0 saturated carbocycles. The van der Waals surface area contributed by atoms with Crippen LogP contribution < -0.4 is 11.5 Å². The smallest absolute Gasteiger partial charge is 0.189 e. The lowest BCUT2D eigenvalue weighted by atomic mass is 10.1. The number of tetrazole rings is 1. The van der Waals surface area contributed by atoms with Crippen molar-refractivity contribution in [2.75, 3.05) is 11.5 Å². The standard InChI is InChI=1S/C13H10ClFN6/c14-7-1-4-12(10(15)5-7)21-13(18-19-20-21)9-3-2-8(16)6-11(9)17/h1-6H,16-17H2. The third-order valence-corrected chi connectivity index (χ3v) is 3.16. The Bertz CT molecular complexity index is 750. The molecule has 0 amide bonds. The Kier molecular flexibility index (Phi) is 3.19. The molecule has 0 aliphatic carbocycles. The molecule has 0 unspecified atom stereocenters. The van der Waals surface area contributed by atoms with Crippen molar-refractivity contribution in [3.05, 3.63) is 47.2 Å². The molecule has 6 nitrogen and oxygen atoms in total. The van der Waals surface area contributed by atoms with E-state index in [1.54, 1.807) is 24.3 Å². The minimum Gasteiger partial charge on any atom is -0.399 e. The minimum absolute atomic E-state index is 0.177. The van der Waals surface area contributed by atoms with Gasteiger partial charge in [-0.05, 0) is 46.8 Å². The van der Waals surface area contributed by atoms with Gasteiger partial charge >= 0.3 is 0 Å². The second-order valence-corrected chi connectivity index (χ2v) is 4.79. The fourth-order valence-electron chi connectivity index (χ4n) is 1.96. The molecule has 0 bridgehead atoms. The van der Waals surface area contributed by atoms with Crippen LogP contribution in [0.1, 0.15) is 0 Å². The molecule has 3 aromatic rings. The highest BCUT2D eigenvalue weighted by atomic mass is 35.5. The van der Waals surface area contributed by atoms with E-state index in [2.05, 4.69) is 15.5 Å². The zero-order valence-electron chi connectivity index (χ0n) is 10.7. The molecule has 0 aliphatic rings. The Balaban J connectivity index is 2.17. The Labute approximate surface area is 124 Å². The highest BCUT2D eigenvalue weighted by Gasteiger charge is 2.16. The number of hydrogen-bond donors (Lipinski definition) is 2. The van der Waals surface area contributed by atoms with Crippen molar-refractivity contribution in [1.29, 1.82) is 0 Å². The highest BCUT2D eigenvalue weighted by molar-refractivity contribution is 6.30. The summed E-state index contributed by atoms with van der Waals surface area (Å²) < 4.78 is 15.3. The van der Waals surface area contributed by atoms with Gasteiger partial charge in [-0.15, -0.1) is 5.10 Å². The second kappa shape index (κ2) is 5.02. The highest BCUT2D eigenvalue weighted by Crippen LogP contribution is 2.28. The van der Waals surface area contributed by atoms with Crippen molar-refractivity contribution in [2.24, 2.45) is 0 Å². The number of nitrogen functional groups attached to an aromatic ring is 2. The number of benzene rings is 2. The summed E-state index contributed by atoms with van der Waals surface area (Å²) in [4.78, 5) is 0. The summed E-state index contributed by atoms with van der Waals surface area (Å²) in [5.74, 6) is -0.223. The van der Waals surface area contributed by atoms with Gasteiger partial charge in [0.25, 0.3) is 0 Å². The zero-order chi connectivity index (χ0) is 15.0. The van der Waals surface area contributed by atoms with Gasteiger partial charge in [-0.1, -0.05) is 11.6 Å². The Morgan fingerprint density at radius 3 is 2.62 bits per heavy atom. The van der Waals surface area contributed by atoms with Gasteiger partial charge in [-0.3, -0.25) is 0 Å². The SMILES string of the molecule is Nc1ccc(-c2nnnn2-c2ccc(Cl)cc2F)c(N)c1. The summed E-state index contributed by atoms with van der Waals surface area (Å²) in [6.07, 6.45) is 0. The second-order valence-electron chi connectivity index (χ2n) is 4.36. The molecule has 0 spiro atoms. The van der Waals surface area contributed by atoms with E-state index in [9.17, 15) is 4.39 Å². The molecule has 21 heavy (non-hydrogen) atoms. The molecule has 0 radical (unpaired) electrons. The number of anilines is 2. The molecular weight excluding hydrogens is 295 g/mol. The quantitative estimate of drug-likeness (QED) is 0.708. The summed E-state index contributed by atoms with van der Waals surface area (Å²) in [5.41, 5.74) is 13.2. The van der Waals surface area contributed by atoms with Gasteiger partial charge in [0, 0.05) is 22.0 Å². The number of nitrogens with zero attached hydrogens (tertiary/aromatic N) is 4. The number of rotatable bonds is 2. The van der Waals surface area contributed by atoms with E-state index in [-0.39, 0.29) is 10.7 Å². The van der Waals surface area contributed by atoms with Gasteiger partial charge in [0.15, 0.2) is 5.82 Å². The van der Waals surface area contributed by atoms with E-state index in [4.69, 9.17) is 23.1 Å². The molecule has 1 aromatic heterocycles.